The molecule has 1 N–H and O–H groups in total. The maximum atomic E-state index is 11.0. The standard InChI is InChI=1S/C24H42O4S/c1-4-5-6-7-8-9-10-11-12-13-21(2)20-22(3)18-19-28-23-14-16-24(17-15-23)29(25,26)27/h14-17,21-22H,4-13,18-20H2,1-3H3,(H,25,26,27). The molecule has 0 heterocycles. The summed E-state index contributed by atoms with van der Waals surface area (Å²) in [6.07, 6.45) is 16.0. The molecule has 29 heavy (non-hydrogen) atoms. The second kappa shape index (κ2) is 14.8. The van der Waals surface area contributed by atoms with Crippen LogP contribution < -0.4 is 4.74 Å². The highest BCUT2D eigenvalue weighted by molar-refractivity contribution is 7.85. The van der Waals surface area contributed by atoms with E-state index in [1.165, 1.54) is 82.8 Å². The lowest BCUT2D eigenvalue weighted by molar-refractivity contribution is 0.263. The third-order valence-electron chi connectivity index (χ3n) is 5.61. The number of rotatable bonds is 17. The Kier molecular flexibility index (Phi) is 13.3. The predicted molar refractivity (Wildman–Crippen MR) is 121 cm³/mol. The maximum absolute atomic E-state index is 11.0. The zero-order valence-corrected chi connectivity index (χ0v) is 19.6. The summed E-state index contributed by atoms with van der Waals surface area (Å²) in [5.41, 5.74) is 0. The Labute approximate surface area is 179 Å². The van der Waals surface area contributed by atoms with E-state index < -0.39 is 10.1 Å². The fraction of sp³-hybridized carbons (Fsp3) is 0.750. The molecule has 2 unspecified atom stereocenters. The van der Waals surface area contributed by atoms with E-state index in [1.807, 2.05) is 0 Å². The van der Waals surface area contributed by atoms with Crippen LogP contribution in [0.3, 0.4) is 0 Å². The molecule has 1 aromatic rings. The molecule has 0 amide bonds. The Bertz CT molecular complexity index is 625. The number of hydrogen-bond donors (Lipinski definition) is 1. The van der Waals surface area contributed by atoms with Crippen LogP contribution in [0.1, 0.15) is 97.8 Å². The molecule has 0 fully saturated rings. The molecule has 4 nitrogen and oxygen atoms in total. The van der Waals surface area contributed by atoms with Gasteiger partial charge in [-0.3, -0.25) is 4.55 Å². The quantitative estimate of drug-likeness (QED) is 0.210. The van der Waals surface area contributed by atoms with Crippen LogP contribution in [0, 0.1) is 11.8 Å². The number of unbranched alkanes of at least 4 members (excludes halogenated alkanes) is 8. The highest BCUT2D eigenvalue weighted by Crippen LogP contribution is 2.22. The Balaban J connectivity index is 2.07. The Morgan fingerprint density at radius 3 is 1.90 bits per heavy atom. The fourth-order valence-electron chi connectivity index (χ4n) is 3.81. The molecule has 2 atom stereocenters. The van der Waals surface area contributed by atoms with Crippen molar-refractivity contribution in [3.63, 3.8) is 0 Å². The van der Waals surface area contributed by atoms with Crippen molar-refractivity contribution in [1.29, 1.82) is 0 Å². The summed E-state index contributed by atoms with van der Waals surface area (Å²) in [6, 6.07) is 5.89. The third kappa shape index (κ3) is 13.0. The Hall–Kier alpha value is -1.07. The van der Waals surface area contributed by atoms with Gasteiger partial charge >= 0.3 is 0 Å². The van der Waals surface area contributed by atoms with Gasteiger partial charge in [-0.1, -0.05) is 85.0 Å². The minimum Gasteiger partial charge on any atom is -0.494 e. The van der Waals surface area contributed by atoms with Crippen LogP contribution >= 0.6 is 0 Å². The molecule has 0 spiro atoms. The van der Waals surface area contributed by atoms with Gasteiger partial charge < -0.3 is 4.74 Å². The molecule has 0 saturated carbocycles. The van der Waals surface area contributed by atoms with E-state index in [9.17, 15) is 8.42 Å². The molecule has 0 aliphatic carbocycles. The van der Waals surface area contributed by atoms with Crippen molar-refractivity contribution in [2.24, 2.45) is 11.8 Å². The van der Waals surface area contributed by atoms with Crippen molar-refractivity contribution in [1.82, 2.24) is 0 Å². The lowest BCUT2D eigenvalue weighted by atomic mass is 9.91. The molecular formula is C24H42O4S. The van der Waals surface area contributed by atoms with E-state index in [1.54, 1.807) is 12.1 Å². The molecule has 0 saturated heterocycles. The van der Waals surface area contributed by atoms with Crippen LogP contribution in [0.2, 0.25) is 0 Å². The van der Waals surface area contributed by atoms with Crippen molar-refractivity contribution in [3.8, 4) is 5.75 Å². The minimum atomic E-state index is -4.14. The fourth-order valence-corrected chi connectivity index (χ4v) is 4.29. The van der Waals surface area contributed by atoms with Gasteiger partial charge in [0, 0.05) is 0 Å². The largest absolute Gasteiger partial charge is 0.494 e. The maximum Gasteiger partial charge on any atom is 0.294 e. The van der Waals surface area contributed by atoms with Crippen molar-refractivity contribution >= 4 is 10.1 Å². The second-order valence-electron chi connectivity index (χ2n) is 8.65. The van der Waals surface area contributed by atoms with Crippen LogP contribution in [-0.2, 0) is 10.1 Å². The molecule has 168 valence electrons. The first-order valence-electron chi connectivity index (χ1n) is 11.5. The predicted octanol–water partition coefficient (Wildman–Crippen LogP) is 7.29. The Morgan fingerprint density at radius 2 is 1.34 bits per heavy atom. The lowest BCUT2D eigenvalue weighted by Gasteiger charge is -2.17. The lowest BCUT2D eigenvalue weighted by Crippen LogP contribution is -2.08. The third-order valence-corrected chi connectivity index (χ3v) is 6.47. The first-order chi connectivity index (χ1) is 13.8. The summed E-state index contributed by atoms with van der Waals surface area (Å²) in [7, 11) is -4.14. The highest BCUT2D eigenvalue weighted by atomic mass is 32.2. The van der Waals surface area contributed by atoms with Crippen molar-refractivity contribution in [3.05, 3.63) is 24.3 Å². The summed E-state index contributed by atoms with van der Waals surface area (Å²) in [4.78, 5) is -0.108. The molecule has 1 aromatic carbocycles. The summed E-state index contributed by atoms with van der Waals surface area (Å²) in [5, 5.41) is 0. The van der Waals surface area contributed by atoms with Gasteiger partial charge in [-0.2, -0.15) is 8.42 Å². The van der Waals surface area contributed by atoms with E-state index in [2.05, 4.69) is 20.8 Å². The van der Waals surface area contributed by atoms with Crippen LogP contribution in [-0.4, -0.2) is 19.6 Å². The number of ether oxygens (including phenoxy) is 1. The molecule has 5 heteroatoms. The highest BCUT2D eigenvalue weighted by Gasteiger charge is 2.11. The average Bonchev–Trinajstić information content (AvgIpc) is 2.66. The van der Waals surface area contributed by atoms with Gasteiger partial charge in [0.25, 0.3) is 10.1 Å². The summed E-state index contributed by atoms with van der Waals surface area (Å²) in [5.74, 6) is 2.00. The smallest absolute Gasteiger partial charge is 0.294 e. The first kappa shape index (κ1) is 26.0. The van der Waals surface area contributed by atoms with Crippen molar-refractivity contribution in [2.45, 2.75) is 103 Å². The van der Waals surface area contributed by atoms with Gasteiger partial charge in [0.2, 0.25) is 0 Å². The van der Waals surface area contributed by atoms with Gasteiger partial charge in [0.1, 0.15) is 5.75 Å². The van der Waals surface area contributed by atoms with Crippen LogP contribution in [0.25, 0.3) is 0 Å². The average molecular weight is 427 g/mol. The van der Waals surface area contributed by atoms with E-state index >= 15 is 0 Å². The van der Waals surface area contributed by atoms with Crippen LogP contribution in [0.4, 0.5) is 0 Å². The van der Waals surface area contributed by atoms with Crippen LogP contribution in [0.15, 0.2) is 29.2 Å². The zero-order chi connectivity index (χ0) is 21.5. The molecule has 0 aliphatic heterocycles. The van der Waals surface area contributed by atoms with Gasteiger partial charge in [-0.15, -0.1) is 0 Å². The molecule has 0 aliphatic rings. The van der Waals surface area contributed by atoms with Gasteiger partial charge in [-0.25, -0.2) is 0 Å². The van der Waals surface area contributed by atoms with E-state index in [0.717, 1.165) is 12.3 Å². The molecule has 0 bridgehead atoms. The molecular weight excluding hydrogens is 384 g/mol. The number of benzene rings is 1. The topological polar surface area (TPSA) is 63.6 Å². The van der Waals surface area contributed by atoms with Crippen molar-refractivity contribution in [2.75, 3.05) is 6.61 Å². The van der Waals surface area contributed by atoms with E-state index in [-0.39, 0.29) is 4.90 Å². The molecule has 0 radical (unpaired) electrons. The summed E-state index contributed by atoms with van der Waals surface area (Å²) >= 11 is 0. The van der Waals surface area contributed by atoms with Gasteiger partial charge in [-0.05, 0) is 48.9 Å². The SMILES string of the molecule is CCCCCCCCCCCC(C)CC(C)CCOc1ccc(S(=O)(=O)O)cc1. The Morgan fingerprint density at radius 1 is 0.828 bits per heavy atom. The van der Waals surface area contributed by atoms with E-state index in [0.29, 0.717) is 18.3 Å². The van der Waals surface area contributed by atoms with Crippen LogP contribution in [0.5, 0.6) is 5.75 Å². The summed E-state index contributed by atoms with van der Waals surface area (Å²) in [6.45, 7) is 7.52. The van der Waals surface area contributed by atoms with Crippen molar-refractivity contribution < 1.29 is 17.7 Å². The molecule has 0 aromatic heterocycles. The first-order valence-corrected chi connectivity index (χ1v) is 13.0. The number of hydrogen-bond acceptors (Lipinski definition) is 3. The minimum absolute atomic E-state index is 0.108. The summed E-state index contributed by atoms with van der Waals surface area (Å²) < 4.78 is 36.8. The molecule has 1 rings (SSSR count). The zero-order valence-electron chi connectivity index (χ0n) is 18.7. The van der Waals surface area contributed by atoms with Gasteiger partial charge in [0.15, 0.2) is 0 Å². The second-order valence-corrected chi connectivity index (χ2v) is 10.1. The normalized spacial score (nSPS) is 13.9. The monoisotopic (exact) mass is 426 g/mol. The van der Waals surface area contributed by atoms with Gasteiger partial charge in [0.05, 0.1) is 11.5 Å². The van der Waals surface area contributed by atoms with E-state index in [4.69, 9.17) is 9.29 Å².